The van der Waals surface area contributed by atoms with Gasteiger partial charge in [0.15, 0.2) is 6.61 Å². The summed E-state index contributed by atoms with van der Waals surface area (Å²) in [7, 11) is 3.09. The van der Waals surface area contributed by atoms with Crippen molar-refractivity contribution in [2.24, 2.45) is 0 Å². The fourth-order valence-electron chi connectivity index (χ4n) is 2.46. The highest BCUT2D eigenvalue weighted by atomic mass is 32.1. The number of hydrogen-bond acceptors (Lipinski definition) is 7. The van der Waals surface area contributed by atoms with Gasteiger partial charge in [-0.3, -0.25) is 19.0 Å². The molecule has 0 unspecified atom stereocenters. The normalized spacial score (nSPS) is 11.6. The van der Waals surface area contributed by atoms with Crippen molar-refractivity contribution in [1.29, 1.82) is 0 Å². The van der Waals surface area contributed by atoms with Gasteiger partial charge in [-0.2, -0.15) is 0 Å². The number of aromatic nitrogens is 1. The Bertz CT molecular complexity index is 873. The first-order valence-electron chi connectivity index (χ1n) is 8.17. The van der Waals surface area contributed by atoms with Gasteiger partial charge in [0.1, 0.15) is 18.0 Å². The Morgan fingerprint density at radius 3 is 2.59 bits per heavy atom. The second-order valence-electron chi connectivity index (χ2n) is 5.79. The number of hydrogen-bond donors (Lipinski definition) is 1. The number of nitrogens with one attached hydrogen (secondary N) is 1. The van der Waals surface area contributed by atoms with Gasteiger partial charge in [-0.25, -0.2) is 0 Å². The van der Waals surface area contributed by atoms with Gasteiger partial charge >= 0.3 is 10.8 Å². The number of benzene rings is 1. The average Bonchev–Trinajstić information content (AvgIpc) is 2.97. The second-order valence-corrected chi connectivity index (χ2v) is 6.61. The van der Waals surface area contributed by atoms with E-state index in [2.05, 4.69) is 5.32 Å². The molecule has 0 fully saturated rings. The van der Waals surface area contributed by atoms with Crippen LogP contribution in [0.5, 0.6) is 11.5 Å². The average molecular weight is 394 g/mol. The summed E-state index contributed by atoms with van der Waals surface area (Å²) in [6.07, 6.45) is 0. The fraction of sp³-hybridized carbons (Fsp3) is 0.389. The van der Waals surface area contributed by atoms with Crippen molar-refractivity contribution >= 4 is 23.2 Å². The summed E-state index contributed by atoms with van der Waals surface area (Å²) in [6, 6.07) is 4.88. The van der Waals surface area contributed by atoms with Crippen LogP contribution in [0.25, 0.3) is 0 Å². The van der Waals surface area contributed by atoms with E-state index in [0.29, 0.717) is 17.2 Å². The molecule has 0 saturated carbocycles. The number of nitrogens with zero attached hydrogens (tertiary/aromatic N) is 1. The summed E-state index contributed by atoms with van der Waals surface area (Å²) in [5, 5.41) is 4.40. The minimum absolute atomic E-state index is 0.222. The zero-order chi connectivity index (χ0) is 20.0. The van der Waals surface area contributed by atoms with Crippen LogP contribution in [0.2, 0.25) is 0 Å². The van der Waals surface area contributed by atoms with Crippen LogP contribution in [-0.4, -0.2) is 37.3 Å². The van der Waals surface area contributed by atoms with Crippen molar-refractivity contribution in [3.8, 4) is 11.5 Å². The Hall–Kier alpha value is -2.81. The SMILES string of the molecule is COc1ccc(OC)c([C@H](C)NC(=O)COC(=O)Cn2c(C)csc2=O)c1. The third kappa shape index (κ3) is 5.33. The third-order valence-electron chi connectivity index (χ3n) is 3.91. The lowest BCUT2D eigenvalue weighted by atomic mass is 10.1. The maximum absolute atomic E-state index is 12.1. The smallest absolute Gasteiger partial charge is 0.326 e. The predicted molar refractivity (Wildman–Crippen MR) is 100 cm³/mol. The quantitative estimate of drug-likeness (QED) is 0.684. The minimum Gasteiger partial charge on any atom is -0.497 e. The standard InChI is InChI=1S/C18H22N2O6S/c1-11-10-27-18(23)20(11)8-17(22)26-9-16(21)19-12(2)14-7-13(24-3)5-6-15(14)25-4/h5-7,10,12H,8-9H2,1-4H3,(H,19,21)/t12-/m0/s1. The molecular formula is C18H22N2O6S. The molecule has 1 aromatic heterocycles. The minimum atomic E-state index is -0.652. The topological polar surface area (TPSA) is 95.9 Å². The van der Waals surface area contributed by atoms with E-state index in [-0.39, 0.29) is 17.5 Å². The fourth-order valence-corrected chi connectivity index (χ4v) is 3.19. The predicted octanol–water partition coefficient (Wildman–Crippen LogP) is 1.66. The maximum atomic E-state index is 12.1. The number of ether oxygens (including phenoxy) is 3. The van der Waals surface area contributed by atoms with Crippen molar-refractivity contribution in [3.05, 3.63) is 44.5 Å². The molecular weight excluding hydrogens is 372 g/mol. The lowest BCUT2D eigenvalue weighted by Gasteiger charge is -2.18. The second kappa shape index (κ2) is 9.22. The first kappa shape index (κ1) is 20.5. The van der Waals surface area contributed by atoms with Gasteiger partial charge in [0, 0.05) is 16.6 Å². The van der Waals surface area contributed by atoms with Crippen molar-refractivity contribution in [1.82, 2.24) is 9.88 Å². The van der Waals surface area contributed by atoms with E-state index in [1.807, 2.05) is 0 Å². The molecule has 8 nitrogen and oxygen atoms in total. The molecule has 1 amide bonds. The van der Waals surface area contributed by atoms with E-state index in [1.54, 1.807) is 44.5 Å². The number of esters is 1. The van der Waals surface area contributed by atoms with E-state index in [0.717, 1.165) is 16.9 Å². The van der Waals surface area contributed by atoms with E-state index in [9.17, 15) is 14.4 Å². The Morgan fingerprint density at radius 2 is 2.00 bits per heavy atom. The number of amides is 1. The number of methoxy groups -OCH3 is 2. The number of thiazole rings is 1. The maximum Gasteiger partial charge on any atom is 0.326 e. The molecule has 2 rings (SSSR count). The molecule has 0 spiro atoms. The number of aryl methyl sites for hydroxylation is 1. The highest BCUT2D eigenvalue weighted by Crippen LogP contribution is 2.29. The summed E-state index contributed by atoms with van der Waals surface area (Å²) in [5.41, 5.74) is 1.40. The Kier molecular flexibility index (Phi) is 7.00. The highest BCUT2D eigenvalue weighted by molar-refractivity contribution is 7.07. The number of rotatable bonds is 8. The molecule has 27 heavy (non-hydrogen) atoms. The molecule has 0 saturated heterocycles. The van der Waals surface area contributed by atoms with Crippen LogP contribution in [0.15, 0.2) is 28.4 Å². The molecule has 1 N–H and O–H groups in total. The van der Waals surface area contributed by atoms with E-state index in [1.165, 1.54) is 11.7 Å². The van der Waals surface area contributed by atoms with Gasteiger partial charge in [-0.15, -0.1) is 0 Å². The van der Waals surface area contributed by atoms with Crippen molar-refractivity contribution in [3.63, 3.8) is 0 Å². The molecule has 0 aliphatic rings. The third-order valence-corrected chi connectivity index (χ3v) is 4.79. The van der Waals surface area contributed by atoms with Crippen LogP contribution in [-0.2, 0) is 20.9 Å². The van der Waals surface area contributed by atoms with Gasteiger partial charge in [0.2, 0.25) is 0 Å². The van der Waals surface area contributed by atoms with Crippen LogP contribution < -0.4 is 19.7 Å². The summed E-state index contributed by atoms with van der Waals surface area (Å²) in [6.45, 7) is 2.85. The number of carbonyl (C=O) groups excluding carboxylic acids is 2. The summed E-state index contributed by atoms with van der Waals surface area (Å²) in [4.78, 5) is 35.3. The lowest BCUT2D eigenvalue weighted by Crippen LogP contribution is -2.32. The van der Waals surface area contributed by atoms with E-state index in [4.69, 9.17) is 14.2 Å². The van der Waals surface area contributed by atoms with Crippen molar-refractivity contribution in [2.75, 3.05) is 20.8 Å². The molecule has 0 bridgehead atoms. The highest BCUT2D eigenvalue weighted by Gasteiger charge is 2.17. The molecule has 0 radical (unpaired) electrons. The molecule has 1 atom stereocenters. The van der Waals surface area contributed by atoms with Crippen LogP contribution in [0.4, 0.5) is 0 Å². The van der Waals surface area contributed by atoms with Gasteiger partial charge in [0.05, 0.1) is 20.3 Å². The lowest BCUT2D eigenvalue weighted by molar-refractivity contribution is -0.149. The molecule has 9 heteroatoms. The first-order valence-corrected chi connectivity index (χ1v) is 9.05. The van der Waals surface area contributed by atoms with E-state index >= 15 is 0 Å². The summed E-state index contributed by atoms with van der Waals surface area (Å²) >= 11 is 1.01. The van der Waals surface area contributed by atoms with Crippen molar-refractivity contribution < 1.29 is 23.8 Å². The molecule has 2 aromatic rings. The molecule has 0 aliphatic heterocycles. The van der Waals surface area contributed by atoms with Gasteiger partial charge in [0.25, 0.3) is 5.91 Å². The van der Waals surface area contributed by atoms with Crippen LogP contribution in [0.3, 0.4) is 0 Å². The Balaban J connectivity index is 1.92. The Labute approximate surface area is 160 Å². The van der Waals surface area contributed by atoms with Crippen LogP contribution in [0.1, 0.15) is 24.2 Å². The molecule has 146 valence electrons. The van der Waals surface area contributed by atoms with Crippen LogP contribution in [0, 0.1) is 6.92 Å². The van der Waals surface area contributed by atoms with Crippen LogP contribution >= 0.6 is 11.3 Å². The summed E-state index contributed by atoms with van der Waals surface area (Å²) < 4.78 is 16.8. The Morgan fingerprint density at radius 1 is 1.26 bits per heavy atom. The summed E-state index contributed by atoms with van der Waals surface area (Å²) in [5.74, 6) is 0.123. The van der Waals surface area contributed by atoms with Gasteiger partial charge in [-0.1, -0.05) is 11.3 Å². The van der Waals surface area contributed by atoms with Crippen molar-refractivity contribution in [2.45, 2.75) is 26.4 Å². The monoisotopic (exact) mass is 394 g/mol. The largest absolute Gasteiger partial charge is 0.497 e. The molecule has 0 aliphatic carbocycles. The zero-order valence-corrected chi connectivity index (χ0v) is 16.4. The van der Waals surface area contributed by atoms with E-state index < -0.39 is 18.5 Å². The number of carbonyl (C=O) groups is 2. The van der Waals surface area contributed by atoms with Gasteiger partial charge in [-0.05, 0) is 32.0 Å². The van der Waals surface area contributed by atoms with Gasteiger partial charge < -0.3 is 19.5 Å². The molecule has 1 aromatic carbocycles. The zero-order valence-electron chi connectivity index (χ0n) is 15.6. The first-order chi connectivity index (χ1) is 12.8. The molecule has 1 heterocycles.